The van der Waals surface area contributed by atoms with Crippen LogP contribution in [-0.2, 0) is 30.0 Å². The van der Waals surface area contributed by atoms with Crippen LogP contribution in [-0.4, -0.2) is 51.2 Å². The summed E-state index contributed by atoms with van der Waals surface area (Å²) in [5.74, 6) is 0.0258. The number of likely N-dealkylation sites (tertiary alicyclic amines) is 1. The average molecular weight is 398 g/mol. The van der Waals surface area contributed by atoms with Crippen LogP contribution in [0.3, 0.4) is 0 Å². The third-order valence-electron chi connectivity index (χ3n) is 5.91. The lowest BCUT2D eigenvalue weighted by Gasteiger charge is -2.16. The van der Waals surface area contributed by atoms with Gasteiger partial charge in [-0.25, -0.2) is 8.42 Å². The zero-order chi connectivity index (χ0) is 19.5. The molecule has 2 aliphatic rings. The summed E-state index contributed by atoms with van der Waals surface area (Å²) < 4.78 is 29.9. The normalized spacial score (nSPS) is 23.1. The molecule has 4 heterocycles. The van der Waals surface area contributed by atoms with E-state index in [4.69, 9.17) is 0 Å². The van der Waals surface area contributed by atoms with Crippen molar-refractivity contribution >= 4 is 9.84 Å². The second-order valence-corrected chi connectivity index (χ2v) is 9.88. The molecule has 2 aliphatic heterocycles. The molecule has 0 N–H and O–H groups in total. The number of hydrogen-bond donors (Lipinski definition) is 0. The van der Waals surface area contributed by atoms with E-state index in [1.807, 2.05) is 48.6 Å². The van der Waals surface area contributed by atoms with E-state index >= 15 is 0 Å². The van der Waals surface area contributed by atoms with Crippen molar-refractivity contribution in [1.29, 1.82) is 0 Å². The van der Waals surface area contributed by atoms with Gasteiger partial charge in [0.2, 0.25) is 0 Å². The number of rotatable bonds is 4. The number of aryl methyl sites for hydroxylation is 2. The Hall–Kier alpha value is -2.45. The molecule has 0 spiro atoms. The third kappa shape index (κ3) is 2.70. The van der Waals surface area contributed by atoms with Crippen LogP contribution in [0.1, 0.15) is 24.0 Å². The van der Waals surface area contributed by atoms with Crippen molar-refractivity contribution in [3.8, 4) is 11.1 Å². The predicted molar refractivity (Wildman–Crippen MR) is 106 cm³/mol. The van der Waals surface area contributed by atoms with Gasteiger partial charge >= 0.3 is 0 Å². The van der Waals surface area contributed by atoms with Crippen LogP contribution in [0.4, 0.5) is 0 Å². The molecular formula is C20H23N5O2S. The van der Waals surface area contributed by atoms with E-state index in [1.165, 1.54) is 0 Å². The van der Waals surface area contributed by atoms with E-state index in [-0.39, 0.29) is 11.2 Å². The Morgan fingerprint density at radius 3 is 2.68 bits per heavy atom. The van der Waals surface area contributed by atoms with Crippen LogP contribution in [0, 0.1) is 0 Å². The van der Waals surface area contributed by atoms with Crippen LogP contribution in [0.2, 0.25) is 0 Å². The van der Waals surface area contributed by atoms with Crippen LogP contribution >= 0.6 is 0 Å². The highest BCUT2D eigenvalue weighted by atomic mass is 32.2. The second kappa shape index (κ2) is 6.28. The molecule has 1 saturated heterocycles. The van der Waals surface area contributed by atoms with Gasteiger partial charge in [-0.3, -0.25) is 14.3 Å². The van der Waals surface area contributed by atoms with E-state index < -0.39 is 9.84 Å². The number of sulfone groups is 1. The molecule has 0 saturated carbocycles. The fourth-order valence-electron chi connectivity index (χ4n) is 4.52. The molecule has 0 aliphatic carbocycles. The summed E-state index contributed by atoms with van der Waals surface area (Å²) in [6, 6.07) is 5.72. The molecule has 5 rings (SSSR count). The molecule has 8 heteroatoms. The molecule has 0 radical (unpaired) electrons. The van der Waals surface area contributed by atoms with E-state index in [2.05, 4.69) is 22.0 Å². The first-order chi connectivity index (χ1) is 13.5. The molecule has 0 unspecified atom stereocenters. The molecule has 1 aromatic carbocycles. The van der Waals surface area contributed by atoms with Crippen molar-refractivity contribution in [2.24, 2.45) is 7.05 Å². The molecule has 1 fully saturated rings. The minimum absolute atomic E-state index is 0.0258. The van der Waals surface area contributed by atoms with Gasteiger partial charge in [0.1, 0.15) is 0 Å². The minimum Gasteiger partial charge on any atom is -0.297 e. The van der Waals surface area contributed by atoms with Crippen LogP contribution in [0.15, 0.2) is 47.9 Å². The quantitative estimate of drug-likeness (QED) is 0.674. The fraction of sp³-hybridized carbons (Fsp3) is 0.400. The third-order valence-corrected chi connectivity index (χ3v) is 8.17. The van der Waals surface area contributed by atoms with Gasteiger partial charge in [0.05, 0.1) is 22.5 Å². The Kier molecular flexibility index (Phi) is 3.96. The monoisotopic (exact) mass is 397 g/mol. The van der Waals surface area contributed by atoms with Crippen molar-refractivity contribution in [1.82, 2.24) is 24.5 Å². The number of aromatic nitrogens is 4. The summed E-state index contributed by atoms with van der Waals surface area (Å²) in [4.78, 5) is 2.75. The largest absolute Gasteiger partial charge is 0.297 e. The maximum absolute atomic E-state index is 13.1. The number of nitrogens with zero attached hydrogens (tertiary/aromatic N) is 5. The SMILES string of the molecule is CCn1cc(CN2C[C@@H]3c4cc(-c5cnn(C)c5)ccc4S(=O)(=O)[C@@H]3C2)cn1. The lowest BCUT2D eigenvalue weighted by Crippen LogP contribution is -2.25. The van der Waals surface area contributed by atoms with Crippen molar-refractivity contribution in [2.75, 3.05) is 13.1 Å². The van der Waals surface area contributed by atoms with Crippen LogP contribution < -0.4 is 0 Å². The standard InChI is InChI=1S/C20H23N5O2S/c1-3-25-10-14(7-22-25)9-24-12-18-17-6-15(16-8-21-23(2)11-16)4-5-19(17)28(26,27)20(18)13-24/h4-8,10-11,18,20H,3,9,12-13H2,1-2H3/t18-,20-/m1/s1. The zero-order valence-electron chi connectivity index (χ0n) is 16.0. The van der Waals surface area contributed by atoms with Crippen molar-refractivity contribution < 1.29 is 8.42 Å². The maximum atomic E-state index is 13.1. The Morgan fingerprint density at radius 1 is 1.11 bits per heavy atom. The van der Waals surface area contributed by atoms with Gasteiger partial charge in [-0.1, -0.05) is 6.07 Å². The van der Waals surface area contributed by atoms with Gasteiger partial charge in [-0.15, -0.1) is 0 Å². The van der Waals surface area contributed by atoms with Crippen LogP contribution in [0.25, 0.3) is 11.1 Å². The lowest BCUT2D eigenvalue weighted by atomic mass is 9.95. The smallest absolute Gasteiger partial charge is 0.183 e. The highest BCUT2D eigenvalue weighted by Crippen LogP contribution is 2.46. The molecule has 28 heavy (non-hydrogen) atoms. The summed E-state index contributed by atoms with van der Waals surface area (Å²) in [6.07, 6.45) is 7.68. The predicted octanol–water partition coefficient (Wildman–Crippen LogP) is 2.06. The molecule has 2 aromatic heterocycles. The number of hydrogen-bond acceptors (Lipinski definition) is 5. The molecule has 3 aromatic rings. The Morgan fingerprint density at radius 2 is 1.96 bits per heavy atom. The summed E-state index contributed by atoms with van der Waals surface area (Å²) in [5.41, 5.74) is 4.11. The van der Waals surface area contributed by atoms with Crippen molar-refractivity contribution in [3.63, 3.8) is 0 Å². The van der Waals surface area contributed by atoms with Gasteiger partial charge in [0.15, 0.2) is 9.84 Å². The van der Waals surface area contributed by atoms with Gasteiger partial charge in [0, 0.05) is 62.7 Å². The molecule has 2 atom stereocenters. The Labute approximate surface area is 164 Å². The number of benzene rings is 1. The van der Waals surface area contributed by atoms with Crippen LogP contribution in [0.5, 0.6) is 0 Å². The summed E-state index contributed by atoms with van der Waals surface area (Å²) in [6.45, 7) is 4.95. The Bertz CT molecular complexity index is 1150. The fourth-order valence-corrected chi connectivity index (χ4v) is 6.72. The van der Waals surface area contributed by atoms with Gasteiger partial charge < -0.3 is 0 Å². The lowest BCUT2D eigenvalue weighted by molar-refractivity contribution is 0.325. The average Bonchev–Trinajstić information content (AvgIpc) is 3.43. The molecule has 7 nitrogen and oxygen atoms in total. The van der Waals surface area contributed by atoms with Gasteiger partial charge in [0.25, 0.3) is 0 Å². The summed E-state index contributed by atoms with van der Waals surface area (Å²) in [5, 5.41) is 8.20. The second-order valence-electron chi connectivity index (χ2n) is 7.74. The summed E-state index contributed by atoms with van der Waals surface area (Å²) >= 11 is 0. The van der Waals surface area contributed by atoms with Crippen molar-refractivity contribution in [2.45, 2.75) is 36.1 Å². The zero-order valence-corrected chi connectivity index (χ0v) is 16.8. The molecular weight excluding hydrogens is 374 g/mol. The van der Waals surface area contributed by atoms with E-state index in [0.29, 0.717) is 11.4 Å². The first-order valence-corrected chi connectivity index (χ1v) is 11.1. The minimum atomic E-state index is -3.28. The van der Waals surface area contributed by atoms with Crippen molar-refractivity contribution in [3.05, 3.63) is 54.1 Å². The van der Waals surface area contributed by atoms with Gasteiger partial charge in [-0.2, -0.15) is 10.2 Å². The van der Waals surface area contributed by atoms with E-state index in [1.54, 1.807) is 10.7 Å². The highest BCUT2D eigenvalue weighted by Gasteiger charge is 2.50. The molecule has 0 bridgehead atoms. The highest BCUT2D eigenvalue weighted by molar-refractivity contribution is 7.92. The Balaban J connectivity index is 1.45. The summed E-state index contributed by atoms with van der Waals surface area (Å²) in [7, 11) is -1.40. The van der Waals surface area contributed by atoms with E-state index in [9.17, 15) is 8.42 Å². The van der Waals surface area contributed by atoms with E-state index in [0.717, 1.165) is 41.9 Å². The first kappa shape index (κ1) is 17.6. The maximum Gasteiger partial charge on any atom is 0.183 e. The molecule has 0 amide bonds. The first-order valence-electron chi connectivity index (χ1n) is 9.56. The number of fused-ring (bicyclic) bond motifs is 3. The molecule has 146 valence electrons. The topological polar surface area (TPSA) is 73.0 Å². The van der Waals surface area contributed by atoms with Gasteiger partial charge in [-0.05, 0) is 30.2 Å².